The molecular formula is C15H24N2O4. The smallest absolute Gasteiger partial charge is 0.246 e. The van der Waals surface area contributed by atoms with Crippen molar-refractivity contribution >= 4 is 11.8 Å². The summed E-state index contributed by atoms with van der Waals surface area (Å²) in [4.78, 5) is 26.8. The van der Waals surface area contributed by atoms with Gasteiger partial charge in [0.05, 0.1) is 13.2 Å². The largest absolute Gasteiger partial charge is 0.378 e. The number of amides is 2. The zero-order valence-electron chi connectivity index (χ0n) is 12.8. The van der Waals surface area contributed by atoms with E-state index in [1.165, 1.54) is 0 Å². The number of hydrogen-bond acceptors (Lipinski definition) is 4. The third-order valence-corrected chi connectivity index (χ3v) is 4.96. The predicted molar refractivity (Wildman–Crippen MR) is 75.6 cm³/mol. The van der Waals surface area contributed by atoms with Crippen LogP contribution in [0.2, 0.25) is 0 Å². The molecular weight excluding hydrogens is 272 g/mol. The predicted octanol–water partition coefficient (Wildman–Crippen LogP) is 0.308. The summed E-state index contributed by atoms with van der Waals surface area (Å²) in [6.07, 6.45) is 3.44. The van der Waals surface area contributed by atoms with Gasteiger partial charge >= 0.3 is 0 Å². The van der Waals surface area contributed by atoms with Crippen LogP contribution in [0.5, 0.6) is 0 Å². The molecule has 6 heteroatoms. The molecule has 2 amide bonds. The first-order chi connectivity index (χ1) is 10.1. The number of nitrogens with one attached hydrogen (secondary N) is 1. The van der Waals surface area contributed by atoms with Crippen LogP contribution in [-0.4, -0.2) is 61.3 Å². The van der Waals surface area contributed by atoms with Gasteiger partial charge in [0.15, 0.2) is 0 Å². The summed E-state index contributed by atoms with van der Waals surface area (Å²) in [5.74, 6) is 0.339. The van der Waals surface area contributed by atoms with E-state index in [1.807, 2.05) is 6.92 Å². The number of rotatable bonds is 5. The molecule has 3 fully saturated rings. The second-order valence-electron chi connectivity index (χ2n) is 6.40. The van der Waals surface area contributed by atoms with Crippen LogP contribution in [0.15, 0.2) is 0 Å². The van der Waals surface area contributed by atoms with Gasteiger partial charge in [-0.2, -0.15) is 0 Å². The molecule has 118 valence electrons. The van der Waals surface area contributed by atoms with Crippen molar-refractivity contribution in [1.29, 1.82) is 0 Å². The Morgan fingerprint density at radius 2 is 2.19 bits per heavy atom. The van der Waals surface area contributed by atoms with Crippen LogP contribution < -0.4 is 5.32 Å². The molecule has 0 radical (unpaired) electrons. The molecule has 1 saturated carbocycles. The van der Waals surface area contributed by atoms with Crippen LogP contribution in [0.25, 0.3) is 0 Å². The first kappa shape index (κ1) is 14.8. The fourth-order valence-corrected chi connectivity index (χ4v) is 3.38. The van der Waals surface area contributed by atoms with Crippen molar-refractivity contribution in [2.75, 3.05) is 26.9 Å². The number of piperazine rings is 1. The number of ether oxygens (including phenoxy) is 2. The number of nitrogens with zero attached hydrogens (tertiary/aromatic N) is 1. The van der Waals surface area contributed by atoms with Crippen molar-refractivity contribution in [2.45, 2.75) is 50.3 Å². The van der Waals surface area contributed by atoms with E-state index in [2.05, 4.69) is 5.32 Å². The van der Waals surface area contributed by atoms with Crippen LogP contribution in [0.4, 0.5) is 0 Å². The highest BCUT2D eigenvalue weighted by Crippen LogP contribution is 2.36. The molecule has 6 nitrogen and oxygen atoms in total. The number of hydrogen-bond donors (Lipinski definition) is 1. The van der Waals surface area contributed by atoms with Gasteiger partial charge in [0, 0.05) is 20.1 Å². The zero-order valence-corrected chi connectivity index (χ0v) is 12.8. The van der Waals surface area contributed by atoms with Gasteiger partial charge < -0.3 is 19.7 Å². The highest BCUT2D eigenvalue weighted by molar-refractivity contribution is 5.97. The maximum absolute atomic E-state index is 12.8. The number of carbonyl (C=O) groups excluding carboxylic acids is 2. The minimum Gasteiger partial charge on any atom is -0.378 e. The second kappa shape index (κ2) is 5.57. The lowest BCUT2D eigenvalue weighted by atomic mass is 9.96. The summed E-state index contributed by atoms with van der Waals surface area (Å²) in [5, 5.41) is 2.91. The minimum atomic E-state index is -0.463. The SMILES string of the molecule is CCC1C(=O)NC(C2CC2)C(=O)N1CC1(OC)CCOC1. The zero-order chi connectivity index (χ0) is 15.0. The van der Waals surface area contributed by atoms with E-state index in [-0.39, 0.29) is 23.9 Å². The maximum Gasteiger partial charge on any atom is 0.246 e. The number of methoxy groups -OCH3 is 1. The van der Waals surface area contributed by atoms with Gasteiger partial charge in [0.1, 0.15) is 17.7 Å². The van der Waals surface area contributed by atoms with Crippen LogP contribution in [0.3, 0.4) is 0 Å². The van der Waals surface area contributed by atoms with E-state index in [4.69, 9.17) is 9.47 Å². The molecule has 3 atom stereocenters. The first-order valence-corrected chi connectivity index (χ1v) is 7.84. The first-order valence-electron chi connectivity index (χ1n) is 7.84. The van der Waals surface area contributed by atoms with Gasteiger partial charge in [-0.1, -0.05) is 6.92 Å². The quantitative estimate of drug-likeness (QED) is 0.793. The summed E-state index contributed by atoms with van der Waals surface area (Å²) in [7, 11) is 1.66. The molecule has 0 aromatic heterocycles. The Bertz CT molecular complexity index is 429. The van der Waals surface area contributed by atoms with E-state index >= 15 is 0 Å². The lowest BCUT2D eigenvalue weighted by Crippen LogP contribution is -2.66. The van der Waals surface area contributed by atoms with Gasteiger partial charge in [-0.3, -0.25) is 9.59 Å². The van der Waals surface area contributed by atoms with Crippen LogP contribution in [-0.2, 0) is 19.1 Å². The molecule has 2 saturated heterocycles. The second-order valence-corrected chi connectivity index (χ2v) is 6.40. The summed E-state index contributed by atoms with van der Waals surface area (Å²) in [6, 6.07) is -0.725. The van der Waals surface area contributed by atoms with Crippen LogP contribution in [0.1, 0.15) is 32.6 Å². The van der Waals surface area contributed by atoms with Crippen molar-refractivity contribution in [3.05, 3.63) is 0 Å². The summed E-state index contributed by atoms with van der Waals surface area (Å²) >= 11 is 0. The Balaban J connectivity index is 1.80. The minimum absolute atomic E-state index is 0.0285. The number of carbonyl (C=O) groups is 2. The van der Waals surface area contributed by atoms with Crippen molar-refractivity contribution in [3.8, 4) is 0 Å². The van der Waals surface area contributed by atoms with Crippen molar-refractivity contribution in [1.82, 2.24) is 10.2 Å². The standard InChI is InChI=1S/C15H24N2O4/c1-3-11-13(18)16-12(10-4-5-10)14(19)17(11)8-15(20-2)6-7-21-9-15/h10-12H,3-9H2,1-2H3,(H,16,18). The molecule has 3 rings (SSSR count). The van der Waals surface area contributed by atoms with Gasteiger partial charge in [-0.15, -0.1) is 0 Å². The van der Waals surface area contributed by atoms with Gasteiger partial charge in [-0.05, 0) is 25.2 Å². The third-order valence-electron chi connectivity index (χ3n) is 4.96. The Labute approximate surface area is 125 Å². The van der Waals surface area contributed by atoms with Gasteiger partial charge in [-0.25, -0.2) is 0 Å². The molecule has 3 aliphatic rings. The molecule has 1 N–H and O–H groups in total. The Kier molecular flexibility index (Phi) is 3.92. The van der Waals surface area contributed by atoms with Gasteiger partial charge in [0.25, 0.3) is 0 Å². The Hall–Kier alpha value is -1.14. The molecule has 2 aliphatic heterocycles. The van der Waals surface area contributed by atoms with E-state index in [9.17, 15) is 9.59 Å². The van der Waals surface area contributed by atoms with E-state index in [1.54, 1.807) is 12.0 Å². The summed E-state index contributed by atoms with van der Waals surface area (Å²) in [5.41, 5.74) is -0.463. The topological polar surface area (TPSA) is 67.9 Å². The highest BCUT2D eigenvalue weighted by atomic mass is 16.5. The molecule has 0 spiro atoms. The Morgan fingerprint density at radius 3 is 2.71 bits per heavy atom. The third kappa shape index (κ3) is 2.66. The average Bonchev–Trinajstić information content (AvgIpc) is 3.22. The average molecular weight is 296 g/mol. The van der Waals surface area contributed by atoms with E-state index in [0.29, 0.717) is 32.1 Å². The maximum atomic E-state index is 12.8. The molecule has 0 aromatic rings. The molecule has 0 bridgehead atoms. The van der Waals surface area contributed by atoms with Crippen molar-refractivity contribution < 1.29 is 19.1 Å². The Morgan fingerprint density at radius 1 is 1.43 bits per heavy atom. The fourth-order valence-electron chi connectivity index (χ4n) is 3.38. The monoisotopic (exact) mass is 296 g/mol. The van der Waals surface area contributed by atoms with Crippen molar-refractivity contribution in [3.63, 3.8) is 0 Å². The summed E-state index contributed by atoms with van der Waals surface area (Å²) < 4.78 is 11.1. The van der Waals surface area contributed by atoms with Crippen molar-refractivity contribution in [2.24, 2.45) is 5.92 Å². The molecule has 1 aliphatic carbocycles. The van der Waals surface area contributed by atoms with E-state index < -0.39 is 5.60 Å². The van der Waals surface area contributed by atoms with Crippen LogP contribution >= 0.6 is 0 Å². The lowest BCUT2D eigenvalue weighted by molar-refractivity contribution is -0.155. The van der Waals surface area contributed by atoms with Gasteiger partial charge in [0.2, 0.25) is 11.8 Å². The van der Waals surface area contributed by atoms with E-state index in [0.717, 1.165) is 19.3 Å². The lowest BCUT2D eigenvalue weighted by Gasteiger charge is -2.42. The fraction of sp³-hybridized carbons (Fsp3) is 0.867. The highest BCUT2D eigenvalue weighted by Gasteiger charge is 2.49. The summed E-state index contributed by atoms with van der Waals surface area (Å²) in [6.45, 7) is 3.51. The molecule has 21 heavy (non-hydrogen) atoms. The molecule has 3 unspecified atom stereocenters. The van der Waals surface area contributed by atoms with Crippen LogP contribution in [0, 0.1) is 5.92 Å². The normalized spacial score (nSPS) is 37.0. The molecule has 2 heterocycles. The molecule has 0 aromatic carbocycles.